The molecule has 1 aromatic carbocycles. The number of hydrogen-bond acceptors (Lipinski definition) is 6. The summed E-state index contributed by atoms with van der Waals surface area (Å²) < 4.78 is 17.0. The summed E-state index contributed by atoms with van der Waals surface area (Å²) in [5.41, 5.74) is -0.563. The molecule has 236 valence electrons. The van der Waals surface area contributed by atoms with Crippen molar-refractivity contribution in [3.63, 3.8) is 0 Å². The van der Waals surface area contributed by atoms with Crippen LogP contribution in [0.15, 0.2) is 48.6 Å². The van der Waals surface area contributed by atoms with Crippen molar-refractivity contribution < 1.29 is 28.6 Å². The van der Waals surface area contributed by atoms with Gasteiger partial charge in [0.05, 0.1) is 17.8 Å². The minimum absolute atomic E-state index is 0.104. The van der Waals surface area contributed by atoms with E-state index in [1.54, 1.807) is 24.3 Å². The molecule has 0 saturated carbocycles. The average Bonchev–Trinajstić information content (AvgIpc) is 2.93. The number of unbranched alkanes of at least 4 members (excludes halogenated alkanes) is 7. The van der Waals surface area contributed by atoms with Gasteiger partial charge in [-0.05, 0) is 58.9 Å². The minimum atomic E-state index is -0.737. The number of benzene rings is 1. The highest BCUT2D eigenvalue weighted by molar-refractivity contribution is 6.08. The Hall–Kier alpha value is -2.73. The molecule has 6 heteroatoms. The largest absolute Gasteiger partial charge is 0.458 e. The molecule has 0 spiro atoms. The van der Waals surface area contributed by atoms with Crippen molar-refractivity contribution in [2.24, 2.45) is 5.41 Å². The summed E-state index contributed by atoms with van der Waals surface area (Å²) in [7, 11) is 0. The lowest BCUT2D eigenvalue weighted by Crippen LogP contribution is -2.34. The van der Waals surface area contributed by atoms with Gasteiger partial charge in [-0.2, -0.15) is 0 Å². The van der Waals surface area contributed by atoms with Crippen LogP contribution in [0.5, 0.6) is 0 Å². The third kappa shape index (κ3) is 17.3. The van der Waals surface area contributed by atoms with Crippen molar-refractivity contribution in [1.82, 2.24) is 0 Å². The van der Waals surface area contributed by atoms with Crippen molar-refractivity contribution in [3.8, 4) is 0 Å². The first-order valence-electron chi connectivity index (χ1n) is 15.8. The van der Waals surface area contributed by atoms with Crippen molar-refractivity contribution >= 4 is 17.7 Å². The van der Waals surface area contributed by atoms with Crippen LogP contribution < -0.4 is 0 Å². The van der Waals surface area contributed by atoms with E-state index in [9.17, 15) is 14.4 Å². The zero-order valence-electron chi connectivity index (χ0n) is 27.3. The first-order chi connectivity index (χ1) is 19.8. The second kappa shape index (κ2) is 20.2. The van der Waals surface area contributed by atoms with Gasteiger partial charge in [0, 0.05) is 17.4 Å². The van der Waals surface area contributed by atoms with Crippen LogP contribution >= 0.6 is 0 Å². The number of ketones is 1. The van der Waals surface area contributed by atoms with E-state index in [4.69, 9.17) is 14.2 Å². The first-order valence-corrected chi connectivity index (χ1v) is 15.8. The normalized spacial score (nSPS) is 13.0. The smallest absolute Gasteiger partial charge is 0.339 e. The highest BCUT2D eigenvalue weighted by Gasteiger charge is 2.28. The first kappa shape index (κ1) is 37.3. The molecule has 0 aromatic heterocycles. The molecule has 1 atom stereocenters. The molecule has 0 bridgehead atoms. The van der Waals surface area contributed by atoms with Crippen LogP contribution in [0.1, 0.15) is 140 Å². The zero-order chi connectivity index (χ0) is 31.4. The summed E-state index contributed by atoms with van der Waals surface area (Å²) >= 11 is 0. The summed E-state index contributed by atoms with van der Waals surface area (Å²) in [4.78, 5) is 38.4. The molecule has 0 fully saturated rings. The lowest BCUT2D eigenvalue weighted by atomic mass is 9.85. The molecule has 6 nitrogen and oxygen atoms in total. The molecule has 0 heterocycles. The molecule has 1 unspecified atom stereocenters. The Morgan fingerprint density at radius 2 is 1.36 bits per heavy atom. The van der Waals surface area contributed by atoms with E-state index in [1.165, 1.54) is 19.3 Å². The number of hydrogen-bond donors (Lipinski definition) is 0. The maximum Gasteiger partial charge on any atom is 0.339 e. The number of allylic oxidation sites excluding steroid dienone is 4. The molecule has 1 aromatic rings. The van der Waals surface area contributed by atoms with Crippen LogP contribution in [0, 0.1) is 5.41 Å². The van der Waals surface area contributed by atoms with Crippen molar-refractivity contribution in [3.05, 3.63) is 59.7 Å². The van der Waals surface area contributed by atoms with E-state index in [0.717, 1.165) is 44.9 Å². The number of esters is 2. The third-order valence-electron chi connectivity index (χ3n) is 6.55. The van der Waals surface area contributed by atoms with Crippen LogP contribution in [-0.4, -0.2) is 42.6 Å². The van der Waals surface area contributed by atoms with Crippen molar-refractivity contribution in [2.75, 3.05) is 13.2 Å². The Bertz CT molecular complexity index is 993. The quantitative estimate of drug-likeness (QED) is 0.0658. The van der Waals surface area contributed by atoms with Gasteiger partial charge in [0.2, 0.25) is 0 Å². The van der Waals surface area contributed by atoms with Crippen LogP contribution in [0.4, 0.5) is 0 Å². The zero-order valence-corrected chi connectivity index (χ0v) is 27.3. The van der Waals surface area contributed by atoms with Crippen LogP contribution in [0.25, 0.3) is 0 Å². The second-order valence-corrected chi connectivity index (χ2v) is 12.9. The van der Waals surface area contributed by atoms with E-state index in [1.807, 2.05) is 41.5 Å². The molecule has 0 aliphatic heterocycles. The van der Waals surface area contributed by atoms with Gasteiger partial charge in [-0.25, -0.2) is 4.79 Å². The molecule has 1 rings (SSSR count). The fourth-order valence-corrected chi connectivity index (χ4v) is 4.10. The molecule has 42 heavy (non-hydrogen) atoms. The summed E-state index contributed by atoms with van der Waals surface area (Å²) in [5.74, 6) is -1.10. The molecule has 0 amide bonds. The van der Waals surface area contributed by atoms with Gasteiger partial charge in [0.1, 0.15) is 6.61 Å². The van der Waals surface area contributed by atoms with E-state index < -0.39 is 23.1 Å². The fourth-order valence-electron chi connectivity index (χ4n) is 4.10. The predicted molar refractivity (Wildman–Crippen MR) is 171 cm³/mol. The molecular weight excluding hydrogens is 528 g/mol. The van der Waals surface area contributed by atoms with E-state index in [-0.39, 0.29) is 30.5 Å². The Kier molecular flexibility index (Phi) is 18.0. The van der Waals surface area contributed by atoms with Gasteiger partial charge in [0.25, 0.3) is 0 Å². The topological polar surface area (TPSA) is 78.9 Å². The second-order valence-electron chi connectivity index (χ2n) is 12.9. The van der Waals surface area contributed by atoms with E-state index >= 15 is 0 Å². The maximum absolute atomic E-state index is 12.9. The van der Waals surface area contributed by atoms with Crippen molar-refractivity contribution in [1.29, 1.82) is 0 Å². The Morgan fingerprint density at radius 1 is 0.762 bits per heavy atom. The standard InChI is InChI=1S/C36H56O6/c1-8-9-10-11-12-13-14-15-16-17-18-19-20-21-26-32(37)42-29(28-41-36(5,6)7)27-40-34(39)31-25-23-22-24-30(31)33(38)35(2,3)4/h11-12,14-15,22-25,29H,8-10,13,16-21,26-28H2,1-7H3. The number of ether oxygens (including phenoxy) is 3. The van der Waals surface area contributed by atoms with Crippen LogP contribution in [0.2, 0.25) is 0 Å². The van der Waals surface area contributed by atoms with Gasteiger partial charge >= 0.3 is 11.9 Å². The van der Waals surface area contributed by atoms with Gasteiger partial charge in [-0.1, -0.05) is 102 Å². The SMILES string of the molecule is CCCCC=CCC=CCCCCCCCC(=O)OC(COC(=O)c1ccccc1C(=O)C(C)(C)C)COC(C)(C)C. The third-order valence-corrected chi connectivity index (χ3v) is 6.55. The Labute approximate surface area is 255 Å². The van der Waals surface area contributed by atoms with Crippen LogP contribution in [0.3, 0.4) is 0 Å². The molecule has 0 aliphatic carbocycles. The summed E-state index contributed by atoms with van der Waals surface area (Å²) in [6.07, 6.45) is 19.5. The molecule has 0 saturated heterocycles. The molecule has 0 radical (unpaired) electrons. The Balaban J connectivity index is 2.48. The highest BCUT2D eigenvalue weighted by Crippen LogP contribution is 2.24. The average molecular weight is 585 g/mol. The number of carbonyl (C=O) groups is 3. The number of carbonyl (C=O) groups excluding carboxylic acids is 3. The molecule has 0 N–H and O–H groups in total. The number of rotatable bonds is 20. The monoisotopic (exact) mass is 584 g/mol. The molecule has 0 aliphatic rings. The Morgan fingerprint density at radius 3 is 1.98 bits per heavy atom. The van der Waals surface area contributed by atoms with Gasteiger partial charge in [0.15, 0.2) is 11.9 Å². The maximum atomic E-state index is 12.9. The van der Waals surface area contributed by atoms with Crippen molar-refractivity contribution in [2.45, 2.75) is 131 Å². The van der Waals surface area contributed by atoms with Gasteiger partial charge in [-0.15, -0.1) is 0 Å². The van der Waals surface area contributed by atoms with Gasteiger partial charge < -0.3 is 14.2 Å². The highest BCUT2D eigenvalue weighted by atomic mass is 16.6. The minimum Gasteiger partial charge on any atom is -0.458 e. The van der Waals surface area contributed by atoms with Gasteiger partial charge in [-0.3, -0.25) is 9.59 Å². The van der Waals surface area contributed by atoms with E-state index in [2.05, 4.69) is 31.2 Å². The summed E-state index contributed by atoms with van der Waals surface area (Å²) in [6, 6.07) is 6.64. The summed E-state index contributed by atoms with van der Waals surface area (Å²) in [5, 5.41) is 0. The van der Waals surface area contributed by atoms with E-state index in [0.29, 0.717) is 12.0 Å². The predicted octanol–water partition coefficient (Wildman–Crippen LogP) is 9.22. The summed E-state index contributed by atoms with van der Waals surface area (Å²) in [6.45, 7) is 13.3. The lowest BCUT2D eigenvalue weighted by molar-refractivity contribution is -0.158. The number of Topliss-reactive ketones (excluding diaryl/α,β-unsaturated/α-hetero) is 1. The molecular formula is C36H56O6. The lowest BCUT2D eigenvalue weighted by Gasteiger charge is -2.24. The van der Waals surface area contributed by atoms with Crippen LogP contribution in [-0.2, 0) is 19.0 Å². The fraction of sp³-hybridized carbons (Fsp3) is 0.639.